The van der Waals surface area contributed by atoms with Crippen LogP contribution in [-0.2, 0) is 14.9 Å². The van der Waals surface area contributed by atoms with E-state index in [-0.39, 0.29) is 21.6 Å². The number of halogens is 2. The monoisotopic (exact) mass is 505 g/mol. The minimum absolute atomic E-state index is 0.0627. The number of hydrazone groups is 1. The molecule has 2 N–H and O–H groups in total. The smallest absolute Gasteiger partial charge is 0.339 e. The maximum Gasteiger partial charge on any atom is 0.339 e. The predicted octanol–water partition coefficient (Wildman–Crippen LogP) is 4.48. The Hall–Kier alpha value is -3.40. The Kier molecular flexibility index (Phi) is 7.70. The molecule has 0 aromatic heterocycles. The second-order valence-corrected chi connectivity index (χ2v) is 9.00. The third-order valence-electron chi connectivity index (χ3n) is 4.11. The van der Waals surface area contributed by atoms with Crippen LogP contribution in [0.5, 0.6) is 5.75 Å². The van der Waals surface area contributed by atoms with E-state index in [0.29, 0.717) is 21.8 Å². The number of amides is 2. The molecule has 11 heteroatoms. The third kappa shape index (κ3) is 6.79. The fourth-order valence-electron chi connectivity index (χ4n) is 2.56. The summed E-state index contributed by atoms with van der Waals surface area (Å²) in [4.78, 5) is 23.1. The van der Waals surface area contributed by atoms with E-state index in [1.165, 1.54) is 67.7 Å². The van der Waals surface area contributed by atoms with Crippen LogP contribution in [0.1, 0.15) is 22.8 Å². The van der Waals surface area contributed by atoms with Crippen LogP contribution in [0.2, 0.25) is 10.0 Å². The van der Waals surface area contributed by atoms with Crippen molar-refractivity contribution in [3.63, 3.8) is 0 Å². The number of hydrogen-bond acceptors (Lipinski definition) is 6. The van der Waals surface area contributed by atoms with Gasteiger partial charge in [0.25, 0.3) is 5.91 Å². The number of rotatable bonds is 7. The zero-order valence-corrected chi connectivity index (χ0v) is 19.4. The van der Waals surface area contributed by atoms with E-state index in [1.54, 1.807) is 12.1 Å². The summed E-state index contributed by atoms with van der Waals surface area (Å²) in [7, 11) is -4.06. The molecule has 3 aromatic rings. The molecule has 2 amide bonds. The third-order valence-corrected chi connectivity index (χ3v) is 6.11. The van der Waals surface area contributed by atoms with Gasteiger partial charge in [-0.25, -0.2) is 5.43 Å². The molecule has 0 aliphatic heterocycles. The molecule has 3 rings (SSSR count). The van der Waals surface area contributed by atoms with Gasteiger partial charge in [0.05, 0.1) is 16.3 Å². The Labute approximate surface area is 200 Å². The molecule has 0 atom stereocenters. The summed E-state index contributed by atoms with van der Waals surface area (Å²) in [5.74, 6) is -0.641. The van der Waals surface area contributed by atoms with Crippen LogP contribution in [-0.4, -0.2) is 26.4 Å². The van der Waals surface area contributed by atoms with Gasteiger partial charge in [0.1, 0.15) is 10.6 Å². The molecular weight excluding hydrogens is 489 g/mol. The van der Waals surface area contributed by atoms with Crippen LogP contribution < -0.4 is 14.9 Å². The van der Waals surface area contributed by atoms with Crippen LogP contribution in [0.25, 0.3) is 0 Å². The zero-order valence-electron chi connectivity index (χ0n) is 17.1. The van der Waals surface area contributed by atoms with Crippen molar-refractivity contribution in [2.45, 2.75) is 11.8 Å². The highest BCUT2D eigenvalue weighted by Gasteiger charge is 2.16. The number of nitrogens with zero attached hydrogens (tertiary/aromatic N) is 1. The lowest BCUT2D eigenvalue weighted by Gasteiger charge is -2.08. The molecule has 0 saturated carbocycles. The van der Waals surface area contributed by atoms with Crippen LogP contribution >= 0.6 is 23.2 Å². The van der Waals surface area contributed by atoms with Gasteiger partial charge in [-0.3, -0.25) is 9.59 Å². The SMILES string of the molecule is CC(=O)Nc1ccc(S(=O)(=O)Oc2ccc(/C=N/NC(=O)c3ccc(Cl)c(Cl)c3)cc2)cc1. The second kappa shape index (κ2) is 10.5. The van der Waals surface area contributed by atoms with Gasteiger partial charge in [0, 0.05) is 18.2 Å². The van der Waals surface area contributed by atoms with E-state index in [2.05, 4.69) is 15.8 Å². The van der Waals surface area contributed by atoms with E-state index in [0.717, 1.165) is 0 Å². The molecule has 3 aromatic carbocycles. The van der Waals surface area contributed by atoms with Crippen molar-refractivity contribution in [1.82, 2.24) is 5.43 Å². The van der Waals surface area contributed by atoms with Crippen LogP contribution in [0.3, 0.4) is 0 Å². The summed E-state index contributed by atoms with van der Waals surface area (Å²) in [5.41, 5.74) is 3.71. The molecule has 0 radical (unpaired) electrons. The number of carbonyl (C=O) groups excluding carboxylic acids is 2. The molecule has 170 valence electrons. The van der Waals surface area contributed by atoms with Gasteiger partial charge in [-0.2, -0.15) is 13.5 Å². The zero-order chi connectivity index (χ0) is 24.0. The minimum atomic E-state index is -4.06. The lowest BCUT2D eigenvalue weighted by atomic mass is 10.2. The molecule has 0 bridgehead atoms. The number of nitrogens with one attached hydrogen (secondary N) is 2. The van der Waals surface area contributed by atoms with Gasteiger partial charge in [-0.15, -0.1) is 0 Å². The molecule has 0 saturated heterocycles. The first-order chi connectivity index (χ1) is 15.6. The number of hydrogen-bond donors (Lipinski definition) is 2. The highest BCUT2D eigenvalue weighted by atomic mass is 35.5. The van der Waals surface area contributed by atoms with E-state index in [9.17, 15) is 18.0 Å². The molecule has 33 heavy (non-hydrogen) atoms. The molecular formula is C22H17Cl2N3O5S. The Bertz CT molecular complexity index is 1310. The summed E-state index contributed by atoms with van der Waals surface area (Å²) in [5, 5.41) is 7.00. The van der Waals surface area contributed by atoms with Crippen LogP contribution in [0.4, 0.5) is 5.69 Å². The summed E-state index contributed by atoms with van der Waals surface area (Å²) < 4.78 is 30.0. The van der Waals surface area contributed by atoms with Gasteiger partial charge >= 0.3 is 10.1 Å². The average molecular weight is 506 g/mol. The summed E-state index contributed by atoms with van der Waals surface area (Å²) in [6.45, 7) is 1.35. The Morgan fingerprint density at radius 3 is 2.21 bits per heavy atom. The largest absolute Gasteiger partial charge is 0.379 e. The topological polar surface area (TPSA) is 114 Å². The molecule has 0 aliphatic carbocycles. The first kappa shape index (κ1) is 24.2. The average Bonchev–Trinajstić information content (AvgIpc) is 2.76. The lowest BCUT2D eigenvalue weighted by molar-refractivity contribution is -0.114. The van der Waals surface area contributed by atoms with E-state index in [4.69, 9.17) is 27.4 Å². The Balaban J connectivity index is 1.60. The summed E-state index contributed by atoms with van der Waals surface area (Å²) in [6.07, 6.45) is 1.38. The van der Waals surface area contributed by atoms with Crippen LogP contribution in [0.15, 0.2) is 76.7 Å². The number of carbonyl (C=O) groups is 2. The second-order valence-electron chi connectivity index (χ2n) is 6.64. The molecule has 0 fully saturated rings. The van der Waals surface area contributed by atoms with Crippen molar-refractivity contribution in [2.75, 3.05) is 5.32 Å². The number of benzene rings is 3. The van der Waals surface area contributed by atoms with Gasteiger partial charge in [-0.05, 0) is 72.3 Å². The predicted molar refractivity (Wildman–Crippen MR) is 127 cm³/mol. The molecule has 0 heterocycles. The molecule has 8 nitrogen and oxygen atoms in total. The van der Waals surface area contributed by atoms with Crippen LogP contribution in [0, 0.1) is 0 Å². The highest BCUT2D eigenvalue weighted by molar-refractivity contribution is 7.87. The van der Waals surface area contributed by atoms with Gasteiger partial charge in [-0.1, -0.05) is 23.2 Å². The molecule has 0 aliphatic rings. The maximum absolute atomic E-state index is 12.4. The normalized spacial score (nSPS) is 11.2. The summed E-state index contributed by atoms with van der Waals surface area (Å²) >= 11 is 11.7. The Morgan fingerprint density at radius 2 is 1.61 bits per heavy atom. The van der Waals surface area contributed by atoms with Crippen molar-refractivity contribution in [1.29, 1.82) is 0 Å². The van der Waals surface area contributed by atoms with Gasteiger partial charge in [0.15, 0.2) is 0 Å². The quantitative estimate of drug-likeness (QED) is 0.279. The molecule has 0 unspecified atom stereocenters. The van der Waals surface area contributed by atoms with Crippen molar-refractivity contribution < 1.29 is 22.2 Å². The van der Waals surface area contributed by atoms with E-state index >= 15 is 0 Å². The van der Waals surface area contributed by atoms with Gasteiger partial charge in [0.2, 0.25) is 5.91 Å². The van der Waals surface area contributed by atoms with Crippen molar-refractivity contribution >= 4 is 57.0 Å². The van der Waals surface area contributed by atoms with E-state index in [1.807, 2.05) is 0 Å². The fourth-order valence-corrected chi connectivity index (χ4v) is 3.79. The van der Waals surface area contributed by atoms with Gasteiger partial charge < -0.3 is 9.50 Å². The standard InChI is InChI=1S/C22H17Cl2N3O5S/c1-14(28)26-17-5-9-19(10-6-17)33(30,31)32-18-7-2-15(3-8-18)13-25-27-22(29)16-4-11-20(23)21(24)12-16/h2-13H,1H3,(H,26,28)(H,27,29)/b25-13+. The summed E-state index contributed by atoms with van der Waals surface area (Å²) in [6, 6.07) is 16.1. The maximum atomic E-state index is 12.4. The van der Waals surface area contributed by atoms with Crippen molar-refractivity contribution in [3.05, 3.63) is 87.9 Å². The lowest BCUT2D eigenvalue weighted by Crippen LogP contribution is -2.17. The van der Waals surface area contributed by atoms with Crippen molar-refractivity contribution in [3.8, 4) is 5.75 Å². The fraction of sp³-hybridized carbons (Fsp3) is 0.0455. The molecule has 0 spiro atoms. The first-order valence-corrected chi connectivity index (χ1v) is 11.5. The van der Waals surface area contributed by atoms with E-state index < -0.39 is 16.0 Å². The van der Waals surface area contributed by atoms with Crippen molar-refractivity contribution in [2.24, 2.45) is 5.10 Å². The first-order valence-electron chi connectivity index (χ1n) is 9.35. The Morgan fingerprint density at radius 1 is 0.939 bits per heavy atom. The highest BCUT2D eigenvalue weighted by Crippen LogP contribution is 2.23. The minimum Gasteiger partial charge on any atom is -0.379 e. The number of anilines is 1.